The summed E-state index contributed by atoms with van der Waals surface area (Å²) in [7, 11) is 1.89. The van der Waals surface area contributed by atoms with Gasteiger partial charge >= 0.3 is 0 Å². The Hall–Kier alpha value is -1.39. The summed E-state index contributed by atoms with van der Waals surface area (Å²) in [6.07, 6.45) is 0.747. The van der Waals surface area contributed by atoms with E-state index in [-0.39, 0.29) is 17.7 Å². The highest BCUT2D eigenvalue weighted by Gasteiger charge is 2.09. The molecule has 0 aliphatic carbocycles. The van der Waals surface area contributed by atoms with E-state index in [1.807, 2.05) is 19.2 Å². The Morgan fingerprint density at radius 2 is 1.75 bits per heavy atom. The fourth-order valence-electron chi connectivity index (χ4n) is 1.95. The van der Waals surface area contributed by atoms with E-state index in [1.54, 1.807) is 30.0 Å². The number of thioether (sulfide) groups is 1. The number of rotatable bonds is 6. The molecule has 0 saturated carbocycles. The van der Waals surface area contributed by atoms with E-state index in [0.29, 0.717) is 0 Å². The standard InChI is InChI=1S/C16H17F2NS/c1-19-15(9-12-4-2-5-13(17)8-12)11-20-16-7-3-6-14(18)10-16/h2-8,10,15,19H,9,11H2,1H3. The second-order valence-corrected chi connectivity index (χ2v) is 5.68. The summed E-state index contributed by atoms with van der Waals surface area (Å²) in [6.45, 7) is 0. The number of benzene rings is 2. The molecule has 2 aromatic carbocycles. The zero-order valence-corrected chi connectivity index (χ0v) is 12.1. The molecule has 0 bridgehead atoms. The Morgan fingerprint density at radius 3 is 2.40 bits per heavy atom. The summed E-state index contributed by atoms with van der Waals surface area (Å²) < 4.78 is 26.2. The van der Waals surface area contributed by atoms with Crippen LogP contribution >= 0.6 is 11.8 Å². The van der Waals surface area contributed by atoms with E-state index in [0.717, 1.165) is 22.6 Å². The van der Waals surface area contributed by atoms with Crippen molar-refractivity contribution in [1.29, 1.82) is 0 Å². The van der Waals surface area contributed by atoms with Gasteiger partial charge in [0.15, 0.2) is 0 Å². The van der Waals surface area contributed by atoms with Crippen LogP contribution in [0.4, 0.5) is 8.78 Å². The molecular weight excluding hydrogens is 276 g/mol. The van der Waals surface area contributed by atoms with Crippen molar-refractivity contribution in [2.45, 2.75) is 17.4 Å². The Labute approximate surface area is 122 Å². The monoisotopic (exact) mass is 293 g/mol. The topological polar surface area (TPSA) is 12.0 Å². The maximum atomic E-state index is 13.1. The first-order valence-electron chi connectivity index (χ1n) is 6.47. The van der Waals surface area contributed by atoms with E-state index in [4.69, 9.17) is 0 Å². The second kappa shape index (κ2) is 7.41. The average molecular weight is 293 g/mol. The number of likely N-dealkylation sites (N-methyl/N-ethyl adjacent to an activating group) is 1. The van der Waals surface area contributed by atoms with Crippen molar-refractivity contribution in [3.05, 3.63) is 65.7 Å². The van der Waals surface area contributed by atoms with Gasteiger partial charge in [-0.3, -0.25) is 0 Å². The van der Waals surface area contributed by atoms with Crippen LogP contribution in [0.5, 0.6) is 0 Å². The lowest BCUT2D eigenvalue weighted by atomic mass is 10.1. The van der Waals surface area contributed by atoms with Gasteiger partial charge in [-0.2, -0.15) is 0 Å². The molecule has 0 amide bonds. The highest BCUT2D eigenvalue weighted by atomic mass is 32.2. The largest absolute Gasteiger partial charge is 0.316 e. The number of hydrogen-bond donors (Lipinski definition) is 1. The Morgan fingerprint density at radius 1 is 1.05 bits per heavy atom. The minimum absolute atomic E-state index is 0.213. The summed E-state index contributed by atoms with van der Waals surface area (Å²) in [5.74, 6) is 0.368. The Bertz CT molecular complexity index is 560. The minimum atomic E-state index is -0.221. The van der Waals surface area contributed by atoms with Crippen LogP contribution in [0, 0.1) is 11.6 Å². The van der Waals surface area contributed by atoms with Crippen LogP contribution in [0.2, 0.25) is 0 Å². The fourth-order valence-corrected chi connectivity index (χ4v) is 3.00. The molecule has 0 spiro atoms. The van der Waals surface area contributed by atoms with Crippen LogP contribution in [-0.4, -0.2) is 18.8 Å². The van der Waals surface area contributed by atoms with Gasteiger partial charge in [0, 0.05) is 16.7 Å². The van der Waals surface area contributed by atoms with Crippen molar-refractivity contribution in [3.8, 4) is 0 Å². The first kappa shape index (κ1) is 15.0. The number of nitrogens with one attached hydrogen (secondary N) is 1. The van der Waals surface area contributed by atoms with Gasteiger partial charge in [-0.15, -0.1) is 11.8 Å². The van der Waals surface area contributed by atoms with Gasteiger partial charge in [0.2, 0.25) is 0 Å². The van der Waals surface area contributed by atoms with Crippen molar-refractivity contribution < 1.29 is 8.78 Å². The number of hydrogen-bond acceptors (Lipinski definition) is 2. The summed E-state index contributed by atoms with van der Waals surface area (Å²) in [5, 5.41) is 3.22. The Kier molecular flexibility index (Phi) is 5.56. The predicted molar refractivity (Wildman–Crippen MR) is 80.1 cm³/mol. The first-order valence-corrected chi connectivity index (χ1v) is 7.46. The molecule has 2 rings (SSSR count). The molecule has 0 heterocycles. The molecule has 1 unspecified atom stereocenters. The molecule has 0 saturated heterocycles. The van der Waals surface area contributed by atoms with Gasteiger partial charge in [-0.25, -0.2) is 8.78 Å². The van der Waals surface area contributed by atoms with Crippen LogP contribution in [0.25, 0.3) is 0 Å². The molecule has 2 aromatic rings. The Balaban J connectivity index is 1.92. The smallest absolute Gasteiger partial charge is 0.124 e. The van der Waals surface area contributed by atoms with Gasteiger partial charge in [0.1, 0.15) is 11.6 Å². The molecule has 106 valence electrons. The van der Waals surface area contributed by atoms with Crippen molar-refractivity contribution in [2.75, 3.05) is 12.8 Å². The molecule has 1 N–H and O–H groups in total. The highest BCUT2D eigenvalue weighted by Crippen LogP contribution is 2.20. The molecule has 0 aliphatic heterocycles. The summed E-state index contributed by atoms with van der Waals surface area (Å²) in [4.78, 5) is 0.907. The van der Waals surface area contributed by atoms with Gasteiger partial charge in [0.05, 0.1) is 0 Å². The maximum absolute atomic E-state index is 13.1. The minimum Gasteiger partial charge on any atom is -0.316 e. The van der Waals surface area contributed by atoms with Crippen molar-refractivity contribution in [1.82, 2.24) is 5.32 Å². The normalized spacial score (nSPS) is 12.3. The van der Waals surface area contributed by atoms with E-state index < -0.39 is 0 Å². The zero-order valence-electron chi connectivity index (χ0n) is 11.3. The third-order valence-electron chi connectivity index (χ3n) is 3.03. The lowest BCUT2D eigenvalue weighted by Crippen LogP contribution is -2.30. The number of halogens is 2. The first-order chi connectivity index (χ1) is 9.67. The summed E-state index contributed by atoms with van der Waals surface area (Å²) in [5.41, 5.74) is 0.962. The van der Waals surface area contributed by atoms with Crippen molar-refractivity contribution in [3.63, 3.8) is 0 Å². The van der Waals surface area contributed by atoms with Crippen LogP contribution in [0.15, 0.2) is 53.4 Å². The van der Waals surface area contributed by atoms with Crippen molar-refractivity contribution in [2.24, 2.45) is 0 Å². The molecular formula is C16H17F2NS. The fraction of sp³-hybridized carbons (Fsp3) is 0.250. The van der Waals surface area contributed by atoms with Crippen LogP contribution in [0.1, 0.15) is 5.56 Å². The summed E-state index contributed by atoms with van der Waals surface area (Å²) in [6, 6.07) is 13.4. The van der Waals surface area contributed by atoms with E-state index in [1.165, 1.54) is 18.2 Å². The zero-order chi connectivity index (χ0) is 14.4. The third-order valence-corrected chi connectivity index (χ3v) is 4.18. The molecule has 4 heteroatoms. The highest BCUT2D eigenvalue weighted by molar-refractivity contribution is 7.99. The molecule has 0 fully saturated rings. The summed E-state index contributed by atoms with van der Waals surface area (Å²) >= 11 is 1.59. The van der Waals surface area contributed by atoms with Crippen LogP contribution in [-0.2, 0) is 6.42 Å². The van der Waals surface area contributed by atoms with Gasteiger partial charge < -0.3 is 5.32 Å². The van der Waals surface area contributed by atoms with Gasteiger partial charge in [-0.05, 0) is 49.4 Å². The van der Waals surface area contributed by atoms with Crippen LogP contribution < -0.4 is 5.32 Å². The van der Waals surface area contributed by atoms with Crippen molar-refractivity contribution >= 4 is 11.8 Å². The maximum Gasteiger partial charge on any atom is 0.124 e. The lowest BCUT2D eigenvalue weighted by molar-refractivity contribution is 0.602. The molecule has 1 nitrogen and oxygen atoms in total. The van der Waals surface area contributed by atoms with Crippen LogP contribution in [0.3, 0.4) is 0 Å². The molecule has 0 aliphatic rings. The van der Waals surface area contributed by atoms with E-state index in [2.05, 4.69) is 5.32 Å². The van der Waals surface area contributed by atoms with E-state index in [9.17, 15) is 8.78 Å². The molecule has 0 radical (unpaired) electrons. The lowest BCUT2D eigenvalue weighted by Gasteiger charge is -2.16. The van der Waals surface area contributed by atoms with Gasteiger partial charge in [-0.1, -0.05) is 18.2 Å². The quantitative estimate of drug-likeness (QED) is 0.811. The second-order valence-electron chi connectivity index (χ2n) is 4.59. The molecule has 0 aromatic heterocycles. The van der Waals surface area contributed by atoms with E-state index >= 15 is 0 Å². The molecule has 1 atom stereocenters. The third kappa shape index (κ3) is 4.62. The SMILES string of the molecule is CNC(CSc1cccc(F)c1)Cc1cccc(F)c1. The average Bonchev–Trinajstić information content (AvgIpc) is 2.43. The van der Waals surface area contributed by atoms with Gasteiger partial charge in [0.25, 0.3) is 0 Å². The predicted octanol–water partition coefficient (Wildman–Crippen LogP) is 3.89. The molecule has 20 heavy (non-hydrogen) atoms.